The maximum atomic E-state index is 3.74. The van der Waals surface area contributed by atoms with Gasteiger partial charge in [0, 0.05) is 23.0 Å². The van der Waals surface area contributed by atoms with E-state index in [-0.39, 0.29) is 0 Å². The smallest absolute Gasteiger partial charge is 0.0410 e. The highest BCUT2D eigenvalue weighted by molar-refractivity contribution is 7.10. The van der Waals surface area contributed by atoms with E-state index in [9.17, 15) is 0 Å². The van der Waals surface area contributed by atoms with Gasteiger partial charge in [0.25, 0.3) is 0 Å². The molecule has 0 aromatic carbocycles. The van der Waals surface area contributed by atoms with Gasteiger partial charge in [-0.05, 0) is 70.0 Å². The predicted octanol–water partition coefficient (Wildman–Crippen LogP) is 3.66. The summed E-state index contributed by atoms with van der Waals surface area (Å²) in [6.07, 6.45) is 7.04. The monoisotopic (exact) mass is 278 g/mol. The van der Waals surface area contributed by atoms with Crippen LogP contribution < -0.4 is 5.32 Å². The molecule has 3 atom stereocenters. The molecule has 3 rings (SSSR count). The second-order valence-electron chi connectivity index (χ2n) is 6.44. The van der Waals surface area contributed by atoms with Gasteiger partial charge in [-0.1, -0.05) is 6.07 Å². The maximum absolute atomic E-state index is 3.74. The summed E-state index contributed by atoms with van der Waals surface area (Å²) in [5.74, 6) is 0.955. The molecule has 106 valence electrons. The number of nitrogens with zero attached hydrogens (tertiary/aromatic N) is 1. The SMILES string of the molecule is CC(c1cccs1)N(C)CCC1CC2CCC(C1)N2. The average molecular weight is 278 g/mol. The lowest BCUT2D eigenvalue weighted by molar-refractivity contribution is 0.212. The van der Waals surface area contributed by atoms with Crippen LogP contribution in [-0.2, 0) is 0 Å². The van der Waals surface area contributed by atoms with Crippen LogP contribution in [-0.4, -0.2) is 30.6 Å². The molecule has 2 nitrogen and oxygen atoms in total. The molecule has 19 heavy (non-hydrogen) atoms. The molecule has 0 saturated carbocycles. The number of rotatable bonds is 5. The third-order valence-corrected chi connectivity index (χ3v) is 6.12. The number of nitrogens with one attached hydrogen (secondary N) is 1. The molecule has 0 spiro atoms. The van der Waals surface area contributed by atoms with Gasteiger partial charge in [0.2, 0.25) is 0 Å². The Labute approximate surface area is 121 Å². The fourth-order valence-electron chi connectivity index (χ4n) is 3.74. The molecule has 2 bridgehead atoms. The summed E-state index contributed by atoms with van der Waals surface area (Å²) in [7, 11) is 2.28. The zero-order valence-corrected chi connectivity index (χ0v) is 13.0. The van der Waals surface area contributed by atoms with Gasteiger partial charge >= 0.3 is 0 Å². The van der Waals surface area contributed by atoms with Gasteiger partial charge in [0.15, 0.2) is 0 Å². The number of hydrogen-bond acceptors (Lipinski definition) is 3. The summed E-state index contributed by atoms with van der Waals surface area (Å²) in [6.45, 7) is 3.57. The summed E-state index contributed by atoms with van der Waals surface area (Å²) in [5.41, 5.74) is 0. The van der Waals surface area contributed by atoms with Gasteiger partial charge in [0.05, 0.1) is 0 Å². The van der Waals surface area contributed by atoms with Crippen LogP contribution in [0.1, 0.15) is 49.9 Å². The Kier molecular flexibility index (Phi) is 4.25. The molecule has 0 aliphatic carbocycles. The van der Waals surface area contributed by atoms with Crippen LogP contribution in [0, 0.1) is 5.92 Å². The van der Waals surface area contributed by atoms with Crippen LogP contribution in [0.25, 0.3) is 0 Å². The summed E-state index contributed by atoms with van der Waals surface area (Å²) < 4.78 is 0. The predicted molar refractivity (Wildman–Crippen MR) is 82.7 cm³/mol. The Morgan fingerprint density at radius 2 is 2.11 bits per heavy atom. The molecule has 1 aromatic rings. The van der Waals surface area contributed by atoms with Crippen molar-refractivity contribution in [1.82, 2.24) is 10.2 Å². The van der Waals surface area contributed by atoms with Crippen molar-refractivity contribution in [3.8, 4) is 0 Å². The van der Waals surface area contributed by atoms with Crippen molar-refractivity contribution >= 4 is 11.3 Å². The van der Waals surface area contributed by atoms with E-state index in [1.165, 1.54) is 43.5 Å². The second kappa shape index (κ2) is 5.94. The molecule has 2 aliphatic heterocycles. The summed E-state index contributed by atoms with van der Waals surface area (Å²) >= 11 is 1.88. The van der Waals surface area contributed by atoms with Crippen molar-refractivity contribution in [1.29, 1.82) is 0 Å². The zero-order chi connectivity index (χ0) is 13.2. The third kappa shape index (κ3) is 3.21. The average Bonchev–Trinajstić information content (AvgIpc) is 3.05. The number of piperidine rings is 1. The normalized spacial score (nSPS) is 31.8. The Balaban J connectivity index is 1.47. The highest BCUT2D eigenvalue weighted by Crippen LogP contribution is 2.33. The van der Waals surface area contributed by atoms with E-state index in [0.717, 1.165) is 18.0 Å². The van der Waals surface area contributed by atoms with Gasteiger partial charge in [-0.25, -0.2) is 0 Å². The van der Waals surface area contributed by atoms with Crippen LogP contribution in [0.4, 0.5) is 0 Å². The lowest BCUT2D eigenvalue weighted by Gasteiger charge is -2.31. The molecular formula is C16H26N2S. The zero-order valence-electron chi connectivity index (χ0n) is 12.1. The van der Waals surface area contributed by atoms with Crippen molar-refractivity contribution < 1.29 is 0 Å². The first-order valence-electron chi connectivity index (χ1n) is 7.72. The van der Waals surface area contributed by atoms with Crippen molar-refractivity contribution in [3.63, 3.8) is 0 Å². The van der Waals surface area contributed by atoms with Gasteiger partial charge in [-0.3, -0.25) is 4.90 Å². The molecule has 0 amide bonds. The summed E-state index contributed by atoms with van der Waals surface area (Å²) in [5, 5.41) is 5.93. The molecule has 2 aliphatic rings. The summed E-state index contributed by atoms with van der Waals surface area (Å²) in [4.78, 5) is 4.02. The largest absolute Gasteiger partial charge is 0.311 e. The second-order valence-corrected chi connectivity index (χ2v) is 7.42. The topological polar surface area (TPSA) is 15.3 Å². The molecule has 1 N–H and O–H groups in total. The molecule has 3 heteroatoms. The minimum Gasteiger partial charge on any atom is -0.311 e. The van der Waals surface area contributed by atoms with Crippen LogP contribution in [0.15, 0.2) is 17.5 Å². The fourth-order valence-corrected chi connectivity index (χ4v) is 4.59. The first kappa shape index (κ1) is 13.6. The first-order valence-corrected chi connectivity index (χ1v) is 8.60. The van der Waals surface area contributed by atoms with E-state index in [2.05, 4.69) is 41.7 Å². The molecule has 2 saturated heterocycles. The Morgan fingerprint density at radius 3 is 2.74 bits per heavy atom. The lowest BCUT2D eigenvalue weighted by Crippen LogP contribution is -2.39. The summed E-state index contributed by atoms with van der Waals surface area (Å²) in [6, 6.07) is 6.66. The van der Waals surface area contributed by atoms with Crippen LogP contribution in [0.3, 0.4) is 0 Å². The van der Waals surface area contributed by atoms with Gasteiger partial charge in [-0.2, -0.15) is 0 Å². The van der Waals surface area contributed by atoms with Gasteiger partial charge in [-0.15, -0.1) is 11.3 Å². The quantitative estimate of drug-likeness (QED) is 0.884. The Bertz CT molecular complexity index is 377. The lowest BCUT2D eigenvalue weighted by atomic mass is 9.89. The highest BCUT2D eigenvalue weighted by Gasteiger charge is 2.33. The Morgan fingerprint density at radius 1 is 1.37 bits per heavy atom. The molecule has 0 radical (unpaired) electrons. The van der Waals surface area contributed by atoms with Crippen molar-refractivity contribution in [2.24, 2.45) is 5.92 Å². The molecule has 3 heterocycles. The minimum atomic E-state index is 0.568. The van der Waals surface area contributed by atoms with E-state index >= 15 is 0 Å². The van der Waals surface area contributed by atoms with Gasteiger partial charge < -0.3 is 5.32 Å². The molecule has 1 aromatic heterocycles. The van der Waals surface area contributed by atoms with E-state index in [1.54, 1.807) is 0 Å². The van der Waals surface area contributed by atoms with Crippen LogP contribution in [0.2, 0.25) is 0 Å². The number of hydrogen-bond donors (Lipinski definition) is 1. The molecular weight excluding hydrogens is 252 g/mol. The molecule has 3 unspecified atom stereocenters. The molecule has 2 fully saturated rings. The van der Waals surface area contributed by atoms with E-state index in [4.69, 9.17) is 0 Å². The standard InChI is InChI=1S/C16H26N2S/c1-12(16-4-3-9-19-16)18(2)8-7-13-10-14-5-6-15(11-13)17-14/h3-4,9,12-15,17H,5-8,10-11H2,1-2H3. The van der Waals surface area contributed by atoms with Crippen LogP contribution in [0.5, 0.6) is 0 Å². The highest BCUT2D eigenvalue weighted by atomic mass is 32.1. The first-order chi connectivity index (χ1) is 9.22. The minimum absolute atomic E-state index is 0.568. The van der Waals surface area contributed by atoms with Crippen LogP contribution >= 0.6 is 11.3 Å². The number of thiophene rings is 1. The van der Waals surface area contributed by atoms with Crippen molar-refractivity contribution in [2.75, 3.05) is 13.6 Å². The van der Waals surface area contributed by atoms with Gasteiger partial charge in [0.1, 0.15) is 0 Å². The number of fused-ring (bicyclic) bond motifs is 2. The van der Waals surface area contributed by atoms with E-state index in [0.29, 0.717) is 6.04 Å². The maximum Gasteiger partial charge on any atom is 0.0410 e. The van der Waals surface area contributed by atoms with Crippen molar-refractivity contribution in [3.05, 3.63) is 22.4 Å². The Hall–Kier alpha value is -0.380. The third-order valence-electron chi connectivity index (χ3n) is 5.08. The fraction of sp³-hybridized carbons (Fsp3) is 0.750. The van der Waals surface area contributed by atoms with E-state index in [1.807, 2.05) is 11.3 Å². The van der Waals surface area contributed by atoms with E-state index < -0.39 is 0 Å². The van der Waals surface area contributed by atoms with Crippen molar-refractivity contribution in [2.45, 2.75) is 57.2 Å².